The Morgan fingerprint density at radius 3 is 2.04 bits per heavy atom. The molecule has 1 rings (SSSR count). The molecule has 1 fully saturated rings. The SMILES string of the molecule is CC(CCCC(C)C(C)C)CCCC(C)C1(C)CCCCC1C. The largest absolute Gasteiger partial charge is 0.0625 e. The first-order chi connectivity index (χ1) is 10.8. The Morgan fingerprint density at radius 2 is 1.48 bits per heavy atom. The normalized spacial score (nSPS) is 29.5. The average molecular weight is 323 g/mol. The Hall–Kier alpha value is 0. The van der Waals surface area contributed by atoms with Gasteiger partial charge in [-0.25, -0.2) is 0 Å². The molecule has 0 saturated heterocycles. The molecule has 138 valence electrons. The van der Waals surface area contributed by atoms with Gasteiger partial charge in [0.2, 0.25) is 0 Å². The summed E-state index contributed by atoms with van der Waals surface area (Å²) in [5.74, 6) is 4.52. The fourth-order valence-corrected chi connectivity index (χ4v) is 4.63. The maximum atomic E-state index is 2.58. The van der Waals surface area contributed by atoms with Gasteiger partial charge in [-0.2, -0.15) is 0 Å². The van der Waals surface area contributed by atoms with E-state index in [9.17, 15) is 0 Å². The summed E-state index contributed by atoms with van der Waals surface area (Å²) >= 11 is 0. The van der Waals surface area contributed by atoms with Crippen molar-refractivity contribution in [3.63, 3.8) is 0 Å². The summed E-state index contributed by atoms with van der Waals surface area (Å²) in [4.78, 5) is 0. The van der Waals surface area contributed by atoms with E-state index >= 15 is 0 Å². The summed E-state index contributed by atoms with van der Waals surface area (Å²) in [5, 5.41) is 0. The molecule has 5 atom stereocenters. The van der Waals surface area contributed by atoms with Gasteiger partial charge in [-0.1, -0.05) is 106 Å². The lowest BCUT2D eigenvalue weighted by Crippen LogP contribution is -2.35. The van der Waals surface area contributed by atoms with E-state index < -0.39 is 0 Å². The van der Waals surface area contributed by atoms with Crippen LogP contribution in [0.15, 0.2) is 0 Å². The van der Waals surface area contributed by atoms with Crippen LogP contribution in [0.2, 0.25) is 0 Å². The molecule has 1 saturated carbocycles. The molecular formula is C23H46. The third-order valence-corrected chi connectivity index (χ3v) is 7.68. The zero-order chi connectivity index (χ0) is 17.5. The van der Waals surface area contributed by atoms with Crippen LogP contribution in [-0.2, 0) is 0 Å². The van der Waals surface area contributed by atoms with Crippen molar-refractivity contribution in [2.24, 2.45) is 35.0 Å². The first-order valence-corrected chi connectivity index (χ1v) is 10.8. The molecule has 0 heteroatoms. The van der Waals surface area contributed by atoms with Crippen molar-refractivity contribution in [3.05, 3.63) is 0 Å². The van der Waals surface area contributed by atoms with Crippen LogP contribution in [0, 0.1) is 35.0 Å². The molecule has 0 aromatic heterocycles. The highest BCUT2D eigenvalue weighted by atomic mass is 14.4. The second-order valence-electron chi connectivity index (χ2n) is 9.74. The maximum Gasteiger partial charge on any atom is -0.0274 e. The smallest absolute Gasteiger partial charge is 0.0274 e. The molecule has 1 aliphatic carbocycles. The lowest BCUT2D eigenvalue weighted by atomic mass is 9.61. The molecule has 0 nitrogen and oxygen atoms in total. The van der Waals surface area contributed by atoms with Gasteiger partial charge in [0.15, 0.2) is 0 Å². The Bertz CT molecular complexity index is 305. The zero-order valence-electron chi connectivity index (χ0n) is 17.5. The second-order valence-corrected chi connectivity index (χ2v) is 9.74. The van der Waals surface area contributed by atoms with E-state index in [0.717, 1.165) is 29.6 Å². The van der Waals surface area contributed by atoms with Crippen LogP contribution >= 0.6 is 0 Å². The van der Waals surface area contributed by atoms with E-state index in [-0.39, 0.29) is 0 Å². The van der Waals surface area contributed by atoms with Crippen LogP contribution in [0.4, 0.5) is 0 Å². The Balaban J connectivity index is 2.20. The molecule has 0 N–H and O–H groups in total. The molecule has 0 spiro atoms. The predicted molar refractivity (Wildman–Crippen MR) is 106 cm³/mol. The van der Waals surface area contributed by atoms with Crippen molar-refractivity contribution in [2.45, 2.75) is 113 Å². The molecule has 0 radical (unpaired) electrons. The van der Waals surface area contributed by atoms with E-state index in [2.05, 4.69) is 48.5 Å². The summed E-state index contributed by atoms with van der Waals surface area (Å²) in [6.45, 7) is 17.3. The summed E-state index contributed by atoms with van der Waals surface area (Å²) in [6, 6.07) is 0. The minimum Gasteiger partial charge on any atom is -0.0625 e. The highest BCUT2D eigenvalue weighted by Crippen LogP contribution is 2.47. The van der Waals surface area contributed by atoms with Gasteiger partial charge in [-0.05, 0) is 41.4 Å². The first-order valence-electron chi connectivity index (χ1n) is 10.8. The van der Waals surface area contributed by atoms with Gasteiger partial charge in [-0.15, -0.1) is 0 Å². The lowest BCUT2D eigenvalue weighted by molar-refractivity contribution is 0.0563. The maximum absolute atomic E-state index is 2.58. The zero-order valence-corrected chi connectivity index (χ0v) is 17.5. The third kappa shape index (κ3) is 6.79. The van der Waals surface area contributed by atoms with Crippen molar-refractivity contribution >= 4 is 0 Å². The fourth-order valence-electron chi connectivity index (χ4n) is 4.63. The van der Waals surface area contributed by atoms with Gasteiger partial charge in [0.05, 0.1) is 0 Å². The molecule has 0 amide bonds. The number of hydrogen-bond donors (Lipinski definition) is 0. The fraction of sp³-hybridized carbons (Fsp3) is 1.00. The van der Waals surface area contributed by atoms with Gasteiger partial charge in [0, 0.05) is 0 Å². The van der Waals surface area contributed by atoms with Gasteiger partial charge >= 0.3 is 0 Å². The summed E-state index contributed by atoms with van der Waals surface area (Å²) in [7, 11) is 0. The molecule has 23 heavy (non-hydrogen) atoms. The number of rotatable bonds is 10. The minimum absolute atomic E-state index is 0.619. The lowest BCUT2D eigenvalue weighted by Gasteiger charge is -2.44. The second kappa shape index (κ2) is 10.1. The van der Waals surface area contributed by atoms with Gasteiger partial charge in [-0.3, -0.25) is 0 Å². The van der Waals surface area contributed by atoms with Gasteiger partial charge < -0.3 is 0 Å². The van der Waals surface area contributed by atoms with E-state index in [4.69, 9.17) is 0 Å². The number of hydrogen-bond acceptors (Lipinski definition) is 0. The highest BCUT2D eigenvalue weighted by molar-refractivity contribution is 4.88. The van der Waals surface area contributed by atoms with Crippen LogP contribution in [0.5, 0.6) is 0 Å². The third-order valence-electron chi connectivity index (χ3n) is 7.68. The van der Waals surface area contributed by atoms with E-state index in [1.54, 1.807) is 0 Å². The Kier molecular flexibility index (Phi) is 9.24. The summed E-state index contributed by atoms with van der Waals surface area (Å²) < 4.78 is 0. The standard InChI is InChI=1S/C23H46/c1-18(2)20(4)14-10-12-19(3)13-11-16-22(6)23(7)17-9-8-15-21(23)5/h18-22H,8-17H2,1-7H3. The molecule has 0 heterocycles. The summed E-state index contributed by atoms with van der Waals surface area (Å²) in [5.41, 5.74) is 0.619. The molecule has 5 unspecified atom stereocenters. The van der Waals surface area contributed by atoms with Crippen LogP contribution in [0.25, 0.3) is 0 Å². The molecule has 0 aliphatic heterocycles. The summed E-state index contributed by atoms with van der Waals surface area (Å²) in [6.07, 6.45) is 14.5. The quantitative estimate of drug-likeness (QED) is 0.381. The van der Waals surface area contributed by atoms with Crippen molar-refractivity contribution in [1.82, 2.24) is 0 Å². The van der Waals surface area contributed by atoms with E-state index in [1.807, 2.05) is 0 Å². The van der Waals surface area contributed by atoms with Crippen molar-refractivity contribution in [1.29, 1.82) is 0 Å². The van der Waals surface area contributed by atoms with Crippen LogP contribution in [-0.4, -0.2) is 0 Å². The van der Waals surface area contributed by atoms with Crippen molar-refractivity contribution in [2.75, 3.05) is 0 Å². The Morgan fingerprint density at radius 1 is 0.870 bits per heavy atom. The van der Waals surface area contributed by atoms with E-state index in [0.29, 0.717) is 5.41 Å². The molecule has 0 aromatic rings. The topological polar surface area (TPSA) is 0 Å². The molecule has 0 bridgehead atoms. The van der Waals surface area contributed by atoms with Crippen LogP contribution in [0.1, 0.15) is 113 Å². The molecule has 1 aliphatic rings. The monoisotopic (exact) mass is 322 g/mol. The highest BCUT2D eigenvalue weighted by Gasteiger charge is 2.37. The van der Waals surface area contributed by atoms with Gasteiger partial charge in [0.1, 0.15) is 0 Å². The van der Waals surface area contributed by atoms with Crippen LogP contribution < -0.4 is 0 Å². The average Bonchev–Trinajstić information content (AvgIpc) is 2.49. The molecule has 0 aromatic carbocycles. The van der Waals surface area contributed by atoms with Gasteiger partial charge in [0.25, 0.3) is 0 Å². The Labute approximate surface area is 148 Å². The minimum atomic E-state index is 0.619. The molecular weight excluding hydrogens is 276 g/mol. The van der Waals surface area contributed by atoms with Crippen molar-refractivity contribution in [3.8, 4) is 0 Å². The van der Waals surface area contributed by atoms with Crippen molar-refractivity contribution < 1.29 is 0 Å². The van der Waals surface area contributed by atoms with Crippen LogP contribution in [0.3, 0.4) is 0 Å². The van der Waals surface area contributed by atoms with E-state index in [1.165, 1.54) is 64.2 Å². The first kappa shape index (κ1) is 21.0. The predicted octanol–water partition coefficient (Wildman–Crippen LogP) is 8.11.